The zero-order valence-electron chi connectivity index (χ0n) is 7.42. The van der Waals surface area contributed by atoms with Gasteiger partial charge in [0.05, 0.1) is 0 Å². The summed E-state index contributed by atoms with van der Waals surface area (Å²) in [5.41, 5.74) is 1.25. The fraction of sp³-hybridized carbons (Fsp3) is 0.444. The van der Waals surface area contributed by atoms with E-state index in [0.29, 0.717) is 0 Å². The molecule has 1 N–H and O–H groups in total. The molecule has 0 radical (unpaired) electrons. The molecule has 0 atom stereocenters. The van der Waals surface area contributed by atoms with Crippen LogP contribution in [-0.2, 0) is 4.79 Å². The van der Waals surface area contributed by atoms with E-state index in [9.17, 15) is 4.79 Å². The highest BCUT2D eigenvalue weighted by molar-refractivity contribution is 5.79. The van der Waals surface area contributed by atoms with Crippen LogP contribution in [0.25, 0.3) is 0 Å². The van der Waals surface area contributed by atoms with Crippen LogP contribution in [0.4, 0.5) is 0 Å². The lowest BCUT2D eigenvalue weighted by Crippen LogP contribution is -1.83. The molecule has 0 unspecified atom stereocenters. The molecule has 0 aliphatic carbocycles. The Kier molecular flexibility index (Phi) is 10.3. The Bertz CT molecular complexity index is 146. The summed E-state index contributed by atoms with van der Waals surface area (Å²) in [5, 5.41) is 7.83. The maximum atomic E-state index is 9.51. The molecule has 2 heteroatoms. The summed E-state index contributed by atoms with van der Waals surface area (Å²) in [7, 11) is 0. The van der Waals surface area contributed by atoms with E-state index >= 15 is 0 Å². The standard InChI is InChI=1S/C5H10.C4H6O2/c1-4-5(2)3;1-2-3-4(5)6/h2,4H2,1,3H3;2-3H,1H3,(H,5,6). The Labute approximate surface area is 68.2 Å². The predicted octanol–water partition coefficient (Wildman–Crippen LogP) is 2.62. The van der Waals surface area contributed by atoms with E-state index in [2.05, 4.69) is 13.5 Å². The number of carboxylic acid groups (broad SMARTS) is 1. The lowest BCUT2D eigenvalue weighted by atomic mass is 10.3. The van der Waals surface area contributed by atoms with Gasteiger partial charge in [0.15, 0.2) is 0 Å². The van der Waals surface area contributed by atoms with Gasteiger partial charge in [-0.15, -0.1) is 6.58 Å². The lowest BCUT2D eigenvalue weighted by Gasteiger charge is -1.79. The van der Waals surface area contributed by atoms with Crippen LogP contribution < -0.4 is 0 Å². The van der Waals surface area contributed by atoms with Gasteiger partial charge < -0.3 is 5.11 Å². The normalized spacial score (nSPS) is 8.64. The van der Waals surface area contributed by atoms with Crippen molar-refractivity contribution in [1.29, 1.82) is 0 Å². The highest BCUT2D eigenvalue weighted by Crippen LogP contribution is 1.88. The molecule has 0 fully saturated rings. The van der Waals surface area contributed by atoms with Gasteiger partial charge in [-0.25, -0.2) is 4.79 Å². The summed E-state index contributed by atoms with van der Waals surface area (Å²) in [4.78, 5) is 9.51. The molecular weight excluding hydrogens is 140 g/mol. The number of carboxylic acids is 1. The topological polar surface area (TPSA) is 37.3 Å². The van der Waals surface area contributed by atoms with Gasteiger partial charge in [-0.1, -0.05) is 18.6 Å². The fourth-order valence-corrected chi connectivity index (χ4v) is 0.143. The summed E-state index contributed by atoms with van der Waals surface area (Å²) in [5.74, 6) is -0.891. The van der Waals surface area contributed by atoms with Gasteiger partial charge in [-0.2, -0.15) is 0 Å². The smallest absolute Gasteiger partial charge is 0.327 e. The van der Waals surface area contributed by atoms with Gasteiger partial charge in [0.1, 0.15) is 0 Å². The Hall–Kier alpha value is -1.05. The molecule has 0 spiro atoms. The molecule has 0 amide bonds. The van der Waals surface area contributed by atoms with E-state index in [1.165, 1.54) is 11.6 Å². The van der Waals surface area contributed by atoms with Crippen molar-refractivity contribution < 1.29 is 9.90 Å². The largest absolute Gasteiger partial charge is 0.478 e. The maximum Gasteiger partial charge on any atom is 0.327 e. The maximum absolute atomic E-state index is 9.51. The van der Waals surface area contributed by atoms with Crippen molar-refractivity contribution in [3.63, 3.8) is 0 Å². The average molecular weight is 156 g/mol. The van der Waals surface area contributed by atoms with Crippen molar-refractivity contribution in [2.24, 2.45) is 0 Å². The van der Waals surface area contributed by atoms with Gasteiger partial charge in [0.25, 0.3) is 0 Å². The van der Waals surface area contributed by atoms with E-state index in [-0.39, 0.29) is 0 Å². The number of allylic oxidation sites excluding steroid dienone is 2. The zero-order valence-corrected chi connectivity index (χ0v) is 7.42. The number of carbonyl (C=O) groups is 1. The van der Waals surface area contributed by atoms with Crippen LogP contribution in [0.3, 0.4) is 0 Å². The Balaban J connectivity index is 0. The molecule has 0 rings (SSSR count). The second-order valence-electron chi connectivity index (χ2n) is 2.15. The molecule has 11 heavy (non-hydrogen) atoms. The summed E-state index contributed by atoms with van der Waals surface area (Å²) in [6, 6.07) is 0. The Morgan fingerprint density at radius 2 is 2.00 bits per heavy atom. The average Bonchev–Trinajstić information content (AvgIpc) is 1.89. The van der Waals surface area contributed by atoms with E-state index in [0.717, 1.165) is 12.5 Å². The van der Waals surface area contributed by atoms with Crippen LogP contribution in [0.5, 0.6) is 0 Å². The highest BCUT2D eigenvalue weighted by atomic mass is 16.4. The molecule has 0 heterocycles. The molecule has 0 saturated carbocycles. The minimum Gasteiger partial charge on any atom is -0.478 e. The Morgan fingerprint density at radius 1 is 1.64 bits per heavy atom. The van der Waals surface area contributed by atoms with Crippen molar-refractivity contribution in [3.8, 4) is 0 Å². The van der Waals surface area contributed by atoms with Gasteiger partial charge in [-0.3, -0.25) is 0 Å². The SMILES string of the molecule is C=C(C)CC.CC=CC(=O)O. The first-order valence-corrected chi connectivity index (χ1v) is 3.54. The molecule has 0 aliphatic rings. The fourth-order valence-electron chi connectivity index (χ4n) is 0.143. The minimum absolute atomic E-state index is 0.891. The van der Waals surface area contributed by atoms with Crippen LogP contribution in [0, 0.1) is 0 Å². The van der Waals surface area contributed by atoms with Crippen molar-refractivity contribution in [2.75, 3.05) is 0 Å². The third-order valence-electron chi connectivity index (χ3n) is 0.913. The molecule has 0 bridgehead atoms. The van der Waals surface area contributed by atoms with Crippen LogP contribution in [0.2, 0.25) is 0 Å². The predicted molar refractivity (Wildman–Crippen MR) is 47.6 cm³/mol. The first-order chi connectivity index (χ1) is 5.04. The van der Waals surface area contributed by atoms with Gasteiger partial charge >= 0.3 is 5.97 Å². The van der Waals surface area contributed by atoms with Crippen LogP contribution in [0.1, 0.15) is 27.2 Å². The molecular formula is C9H16O2. The second kappa shape index (κ2) is 8.95. The van der Waals surface area contributed by atoms with E-state index < -0.39 is 5.97 Å². The van der Waals surface area contributed by atoms with Crippen molar-refractivity contribution in [1.82, 2.24) is 0 Å². The summed E-state index contributed by atoms with van der Waals surface area (Å²) in [6.07, 6.45) is 3.67. The monoisotopic (exact) mass is 156 g/mol. The number of hydrogen-bond acceptors (Lipinski definition) is 1. The summed E-state index contributed by atoms with van der Waals surface area (Å²) in [6.45, 7) is 9.46. The van der Waals surface area contributed by atoms with Gasteiger partial charge in [0.2, 0.25) is 0 Å². The lowest BCUT2D eigenvalue weighted by molar-refractivity contribution is -0.131. The second-order valence-corrected chi connectivity index (χ2v) is 2.15. The van der Waals surface area contributed by atoms with E-state index in [1.807, 2.05) is 6.92 Å². The first kappa shape index (κ1) is 12.6. The van der Waals surface area contributed by atoms with E-state index in [4.69, 9.17) is 5.11 Å². The zero-order chi connectivity index (χ0) is 9.28. The Morgan fingerprint density at radius 3 is 2.00 bits per heavy atom. The van der Waals surface area contributed by atoms with Crippen LogP contribution in [-0.4, -0.2) is 11.1 Å². The molecule has 0 saturated heterocycles. The first-order valence-electron chi connectivity index (χ1n) is 3.54. The van der Waals surface area contributed by atoms with Gasteiger partial charge in [-0.05, 0) is 20.3 Å². The molecule has 0 aromatic rings. The number of aliphatic carboxylic acids is 1. The van der Waals surface area contributed by atoms with E-state index in [1.54, 1.807) is 6.92 Å². The molecule has 64 valence electrons. The third-order valence-corrected chi connectivity index (χ3v) is 0.913. The van der Waals surface area contributed by atoms with Crippen molar-refractivity contribution >= 4 is 5.97 Å². The van der Waals surface area contributed by atoms with Crippen molar-refractivity contribution in [2.45, 2.75) is 27.2 Å². The minimum atomic E-state index is -0.891. The third kappa shape index (κ3) is 27.7. The molecule has 0 aromatic carbocycles. The summed E-state index contributed by atoms with van der Waals surface area (Å²) >= 11 is 0. The van der Waals surface area contributed by atoms with Crippen molar-refractivity contribution in [3.05, 3.63) is 24.3 Å². The van der Waals surface area contributed by atoms with Crippen LogP contribution in [0.15, 0.2) is 24.3 Å². The molecule has 2 nitrogen and oxygen atoms in total. The molecule has 0 aliphatic heterocycles. The van der Waals surface area contributed by atoms with Crippen LogP contribution >= 0.6 is 0 Å². The summed E-state index contributed by atoms with van der Waals surface area (Å²) < 4.78 is 0. The molecule has 0 aromatic heterocycles. The quantitative estimate of drug-likeness (QED) is 0.493. The van der Waals surface area contributed by atoms with Gasteiger partial charge in [0, 0.05) is 6.08 Å². The number of rotatable bonds is 2. The number of hydrogen-bond donors (Lipinski definition) is 1. The highest BCUT2D eigenvalue weighted by Gasteiger charge is 1.76.